The van der Waals surface area contributed by atoms with Crippen LogP contribution in [0.1, 0.15) is 49.8 Å². The standard InChI is InChI=1S/C28H29FN6O4/c1-16(2)22(23(37)25-33-34-27(39-25)28(3,4)18-10-12-19(29)13-11-18)32-21(36)15-35-20(14-31-24(30)26(35)38)17-8-6-5-7-9-17/h5-14,16,22H,15H2,1-4H3,(H2,30,31)(H,32,36). The van der Waals surface area contributed by atoms with Crippen molar-refractivity contribution in [2.24, 2.45) is 5.92 Å². The van der Waals surface area contributed by atoms with Crippen molar-refractivity contribution in [3.8, 4) is 11.3 Å². The van der Waals surface area contributed by atoms with Crippen LogP contribution in [-0.4, -0.2) is 37.5 Å². The minimum absolute atomic E-state index is 0.164. The summed E-state index contributed by atoms with van der Waals surface area (Å²) in [5, 5.41) is 10.7. The van der Waals surface area contributed by atoms with Crippen LogP contribution < -0.4 is 16.6 Å². The molecule has 0 aliphatic carbocycles. The monoisotopic (exact) mass is 532 g/mol. The van der Waals surface area contributed by atoms with Gasteiger partial charge in [-0.1, -0.05) is 56.3 Å². The van der Waals surface area contributed by atoms with Gasteiger partial charge in [-0.2, -0.15) is 0 Å². The first-order chi connectivity index (χ1) is 18.5. The molecule has 0 spiro atoms. The van der Waals surface area contributed by atoms with Gasteiger partial charge in [-0.15, -0.1) is 10.2 Å². The summed E-state index contributed by atoms with van der Waals surface area (Å²) in [6.07, 6.45) is 1.42. The Morgan fingerprint density at radius 2 is 1.74 bits per heavy atom. The number of hydrogen-bond acceptors (Lipinski definition) is 8. The Morgan fingerprint density at radius 1 is 1.08 bits per heavy atom. The van der Waals surface area contributed by atoms with Gasteiger partial charge < -0.3 is 15.5 Å². The van der Waals surface area contributed by atoms with E-state index in [0.29, 0.717) is 11.3 Å². The number of halogens is 1. The third-order valence-corrected chi connectivity index (χ3v) is 6.45. The number of rotatable bonds is 9. The molecule has 0 saturated heterocycles. The van der Waals surface area contributed by atoms with Gasteiger partial charge in [-0.05, 0) is 43.0 Å². The lowest BCUT2D eigenvalue weighted by Gasteiger charge is -2.21. The second-order valence-electron chi connectivity index (χ2n) is 9.98. The highest BCUT2D eigenvalue weighted by Crippen LogP contribution is 2.31. The van der Waals surface area contributed by atoms with E-state index in [1.165, 1.54) is 22.9 Å². The van der Waals surface area contributed by atoms with Crippen LogP contribution >= 0.6 is 0 Å². The van der Waals surface area contributed by atoms with Crippen LogP contribution in [-0.2, 0) is 16.8 Å². The van der Waals surface area contributed by atoms with Gasteiger partial charge in [0.15, 0.2) is 5.82 Å². The summed E-state index contributed by atoms with van der Waals surface area (Å²) >= 11 is 0. The van der Waals surface area contributed by atoms with Crippen LogP contribution in [0.2, 0.25) is 0 Å². The van der Waals surface area contributed by atoms with E-state index in [1.807, 2.05) is 19.9 Å². The van der Waals surface area contributed by atoms with Crippen molar-refractivity contribution in [2.45, 2.75) is 45.7 Å². The fourth-order valence-electron chi connectivity index (χ4n) is 4.10. The average Bonchev–Trinajstić information content (AvgIpc) is 3.42. The Bertz CT molecular complexity index is 1540. The molecular formula is C28H29FN6O4. The van der Waals surface area contributed by atoms with Crippen LogP contribution in [0, 0.1) is 11.7 Å². The maximum atomic E-state index is 13.4. The average molecular weight is 533 g/mol. The number of nitrogens with two attached hydrogens (primary N) is 1. The predicted octanol–water partition coefficient (Wildman–Crippen LogP) is 3.36. The molecule has 1 atom stereocenters. The molecule has 4 rings (SSSR count). The van der Waals surface area contributed by atoms with Crippen molar-refractivity contribution in [2.75, 3.05) is 5.73 Å². The van der Waals surface area contributed by atoms with Crippen molar-refractivity contribution in [3.63, 3.8) is 0 Å². The number of nitrogens with one attached hydrogen (secondary N) is 1. The summed E-state index contributed by atoms with van der Waals surface area (Å²) in [5.41, 5.74) is 6.10. The van der Waals surface area contributed by atoms with Gasteiger partial charge in [-0.25, -0.2) is 9.37 Å². The second-order valence-corrected chi connectivity index (χ2v) is 9.98. The third-order valence-electron chi connectivity index (χ3n) is 6.45. The highest BCUT2D eigenvalue weighted by molar-refractivity contribution is 5.98. The SMILES string of the molecule is CC(C)C(NC(=O)Cn1c(-c2ccccc2)cnc(N)c1=O)C(=O)c1nnc(C(C)(C)c2ccc(F)cc2)o1. The van der Waals surface area contributed by atoms with Gasteiger partial charge in [0.2, 0.25) is 17.6 Å². The highest BCUT2D eigenvalue weighted by atomic mass is 19.1. The first-order valence-electron chi connectivity index (χ1n) is 12.3. The molecule has 0 aliphatic heterocycles. The quantitative estimate of drug-likeness (QED) is 0.312. The number of benzene rings is 2. The maximum Gasteiger partial charge on any atom is 0.294 e. The second kappa shape index (κ2) is 11.0. The Balaban J connectivity index is 1.56. The first kappa shape index (κ1) is 27.4. The fraction of sp³-hybridized carbons (Fsp3) is 0.286. The molecule has 3 N–H and O–H groups in total. The number of ketones is 1. The van der Waals surface area contributed by atoms with E-state index in [9.17, 15) is 18.8 Å². The van der Waals surface area contributed by atoms with E-state index >= 15 is 0 Å². The van der Waals surface area contributed by atoms with Crippen molar-refractivity contribution >= 4 is 17.5 Å². The summed E-state index contributed by atoms with van der Waals surface area (Å²) in [7, 11) is 0. The normalized spacial score (nSPS) is 12.4. The van der Waals surface area contributed by atoms with E-state index in [4.69, 9.17) is 10.2 Å². The van der Waals surface area contributed by atoms with E-state index < -0.39 is 28.7 Å². The van der Waals surface area contributed by atoms with E-state index in [-0.39, 0.29) is 35.9 Å². The van der Waals surface area contributed by atoms with Crippen LogP contribution in [0.5, 0.6) is 0 Å². The minimum Gasteiger partial charge on any atom is -0.417 e. The number of amides is 1. The molecule has 10 nitrogen and oxygen atoms in total. The van der Waals surface area contributed by atoms with Gasteiger partial charge in [0.25, 0.3) is 11.4 Å². The molecule has 1 unspecified atom stereocenters. The third kappa shape index (κ3) is 5.77. The van der Waals surface area contributed by atoms with Crippen molar-refractivity contribution in [3.05, 3.63) is 94.3 Å². The largest absolute Gasteiger partial charge is 0.417 e. The molecule has 4 aromatic rings. The number of nitrogens with zero attached hydrogens (tertiary/aromatic N) is 4. The summed E-state index contributed by atoms with van der Waals surface area (Å²) < 4.78 is 20.3. The topological polar surface area (TPSA) is 146 Å². The molecule has 11 heteroatoms. The Hall–Kier alpha value is -4.67. The molecule has 0 aliphatic rings. The summed E-state index contributed by atoms with van der Waals surface area (Å²) in [4.78, 5) is 43.2. The Kier molecular flexibility index (Phi) is 7.70. The predicted molar refractivity (Wildman–Crippen MR) is 142 cm³/mol. The molecule has 0 radical (unpaired) electrons. The number of carbonyl (C=O) groups is 2. The molecular weight excluding hydrogens is 503 g/mol. The van der Waals surface area contributed by atoms with E-state index in [2.05, 4.69) is 20.5 Å². The minimum atomic E-state index is -1.00. The zero-order valence-electron chi connectivity index (χ0n) is 22.0. The molecule has 0 bridgehead atoms. The molecule has 39 heavy (non-hydrogen) atoms. The number of hydrogen-bond donors (Lipinski definition) is 2. The lowest BCUT2D eigenvalue weighted by molar-refractivity contribution is -0.122. The molecule has 2 heterocycles. The molecule has 2 aromatic carbocycles. The summed E-state index contributed by atoms with van der Waals surface area (Å²) in [5.74, 6) is -2.22. The zero-order chi connectivity index (χ0) is 28.3. The molecule has 2 aromatic heterocycles. The van der Waals surface area contributed by atoms with Crippen molar-refractivity contribution < 1.29 is 18.4 Å². The van der Waals surface area contributed by atoms with Gasteiger partial charge in [-0.3, -0.25) is 19.0 Å². The van der Waals surface area contributed by atoms with E-state index in [1.54, 1.807) is 50.2 Å². The maximum absolute atomic E-state index is 13.4. The van der Waals surface area contributed by atoms with Crippen molar-refractivity contribution in [1.82, 2.24) is 25.1 Å². The highest BCUT2D eigenvalue weighted by Gasteiger charge is 2.34. The van der Waals surface area contributed by atoms with Gasteiger partial charge >= 0.3 is 0 Å². The lowest BCUT2D eigenvalue weighted by atomic mass is 9.84. The number of anilines is 1. The molecule has 0 fully saturated rings. The number of carbonyl (C=O) groups excluding carboxylic acids is 2. The Labute approximate surface area is 224 Å². The molecule has 0 saturated carbocycles. The Morgan fingerprint density at radius 3 is 2.38 bits per heavy atom. The van der Waals surface area contributed by atoms with Crippen LogP contribution in [0.3, 0.4) is 0 Å². The summed E-state index contributed by atoms with van der Waals surface area (Å²) in [6.45, 7) is 6.75. The zero-order valence-corrected chi connectivity index (χ0v) is 22.0. The number of nitrogen functional groups attached to an aromatic ring is 1. The van der Waals surface area contributed by atoms with Crippen molar-refractivity contribution in [1.29, 1.82) is 0 Å². The van der Waals surface area contributed by atoms with Gasteiger partial charge in [0.1, 0.15) is 12.4 Å². The van der Waals surface area contributed by atoms with Crippen LogP contribution in [0.15, 0.2) is 70.0 Å². The molecule has 1 amide bonds. The van der Waals surface area contributed by atoms with Gasteiger partial charge in [0.05, 0.1) is 23.3 Å². The first-order valence-corrected chi connectivity index (χ1v) is 12.3. The molecule has 202 valence electrons. The number of aromatic nitrogens is 4. The van der Waals surface area contributed by atoms with Gasteiger partial charge in [0, 0.05) is 0 Å². The fourth-order valence-corrected chi connectivity index (χ4v) is 4.10. The van der Waals surface area contributed by atoms with Crippen LogP contribution in [0.4, 0.5) is 10.2 Å². The smallest absolute Gasteiger partial charge is 0.294 e. The van der Waals surface area contributed by atoms with Crippen LogP contribution in [0.25, 0.3) is 11.3 Å². The lowest BCUT2D eigenvalue weighted by Crippen LogP contribution is -2.46. The number of Topliss-reactive ketones (excluding diaryl/α,β-unsaturated/α-hetero) is 1. The van der Waals surface area contributed by atoms with E-state index in [0.717, 1.165) is 5.56 Å². The summed E-state index contributed by atoms with van der Waals surface area (Å²) in [6, 6.07) is 13.8.